The molecule has 4 nitrogen and oxygen atoms in total. The minimum absolute atomic E-state index is 0.179. The minimum Gasteiger partial charge on any atom is -0.351 e. The Morgan fingerprint density at radius 2 is 2.16 bits per heavy atom. The molecule has 1 aromatic heterocycles. The molecule has 0 radical (unpaired) electrons. The van der Waals surface area contributed by atoms with Crippen LogP contribution in [0.2, 0.25) is 0 Å². The van der Waals surface area contributed by atoms with E-state index < -0.39 is 11.7 Å². The number of aromatic nitrogens is 1. The monoisotopic (exact) mass is 352 g/mol. The second-order valence-corrected chi connectivity index (χ2v) is 6.37. The van der Waals surface area contributed by atoms with Gasteiger partial charge in [-0.3, -0.25) is 4.79 Å². The zero-order chi connectivity index (χ0) is 17.9. The van der Waals surface area contributed by atoms with Crippen molar-refractivity contribution < 1.29 is 22.5 Å². The summed E-state index contributed by atoms with van der Waals surface area (Å²) in [5, 5.41) is 3.55. The summed E-state index contributed by atoms with van der Waals surface area (Å²) in [5.74, 6) is 0.315. The minimum atomic E-state index is -4.32. The lowest BCUT2D eigenvalue weighted by molar-refractivity contribution is -0.137. The van der Waals surface area contributed by atoms with Crippen LogP contribution in [0.15, 0.2) is 41.1 Å². The zero-order valence-electron chi connectivity index (χ0n) is 13.6. The molecule has 0 spiro atoms. The van der Waals surface area contributed by atoms with Crippen molar-refractivity contribution in [2.24, 2.45) is 5.92 Å². The average Bonchev–Trinajstić information content (AvgIpc) is 3.14. The van der Waals surface area contributed by atoms with E-state index in [1.54, 1.807) is 11.0 Å². The number of likely N-dealkylation sites (tertiary alicyclic amines) is 1. The molecule has 1 atom stereocenters. The van der Waals surface area contributed by atoms with Gasteiger partial charge < -0.3 is 9.42 Å². The second-order valence-electron chi connectivity index (χ2n) is 6.37. The molecule has 1 fully saturated rings. The van der Waals surface area contributed by atoms with Gasteiger partial charge in [-0.15, -0.1) is 0 Å². The standard InChI is InChI=1S/C18H19F3N2O2/c19-18(20,21)15-5-1-3-13(11-15)6-7-14-4-2-10-23(12-14)17(24)16-8-9-22-25-16/h1,3,5,8-9,11,14H,2,4,6-7,10,12H2. The van der Waals surface area contributed by atoms with Gasteiger partial charge >= 0.3 is 6.18 Å². The first-order chi connectivity index (χ1) is 11.9. The van der Waals surface area contributed by atoms with Crippen molar-refractivity contribution in [3.8, 4) is 0 Å². The van der Waals surface area contributed by atoms with E-state index in [-0.39, 0.29) is 17.6 Å². The van der Waals surface area contributed by atoms with E-state index >= 15 is 0 Å². The molecule has 1 saturated heterocycles. The molecule has 0 bridgehead atoms. The highest BCUT2D eigenvalue weighted by Gasteiger charge is 2.30. The number of rotatable bonds is 4. The summed E-state index contributed by atoms with van der Waals surface area (Å²) >= 11 is 0. The Kier molecular flexibility index (Phi) is 5.11. The first-order valence-electron chi connectivity index (χ1n) is 8.29. The van der Waals surface area contributed by atoms with Crippen LogP contribution in [0.25, 0.3) is 0 Å². The topological polar surface area (TPSA) is 46.3 Å². The molecule has 0 saturated carbocycles. The van der Waals surface area contributed by atoms with E-state index in [0.717, 1.165) is 25.3 Å². The molecule has 134 valence electrons. The number of piperidine rings is 1. The molecular weight excluding hydrogens is 333 g/mol. The van der Waals surface area contributed by atoms with Gasteiger partial charge in [0, 0.05) is 19.2 Å². The molecule has 1 aromatic carbocycles. The molecule has 1 aliphatic rings. The van der Waals surface area contributed by atoms with Gasteiger partial charge in [-0.1, -0.05) is 23.4 Å². The molecule has 1 amide bonds. The maximum atomic E-state index is 12.8. The van der Waals surface area contributed by atoms with E-state index in [9.17, 15) is 18.0 Å². The summed E-state index contributed by atoms with van der Waals surface area (Å²) < 4.78 is 43.2. The predicted molar refractivity (Wildman–Crippen MR) is 84.9 cm³/mol. The number of hydrogen-bond acceptors (Lipinski definition) is 3. The highest BCUT2D eigenvalue weighted by atomic mass is 19.4. The van der Waals surface area contributed by atoms with Gasteiger partial charge in [-0.2, -0.15) is 13.2 Å². The Morgan fingerprint density at radius 3 is 2.88 bits per heavy atom. The number of aryl methyl sites for hydroxylation is 1. The Hall–Kier alpha value is -2.31. The first-order valence-corrected chi connectivity index (χ1v) is 8.29. The van der Waals surface area contributed by atoms with Gasteiger partial charge in [-0.05, 0) is 43.2 Å². The lowest BCUT2D eigenvalue weighted by Crippen LogP contribution is -2.39. The molecule has 7 heteroatoms. The lowest BCUT2D eigenvalue weighted by atomic mass is 9.91. The first kappa shape index (κ1) is 17.5. The molecule has 25 heavy (non-hydrogen) atoms. The summed E-state index contributed by atoms with van der Waals surface area (Å²) in [6, 6.07) is 6.99. The quantitative estimate of drug-likeness (QED) is 0.829. The van der Waals surface area contributed by atoms with Crippen molar-refractivity contribution in [2.75, 3.05) is 13.1 Å². The van der Waals surface area contributed by atoms with Crippen LogP contribution in [0, 0.1) is 5.92 Å². The van der Waals surface area contributed by atoms with Crippen molar-refractivity contribution in [1.29, 1.82) is 0 Å². The summed E-state index contributed by atoms with van der Waals surface area (Å²) in [6.45, 7) is 1.26. The van der Waals surface area contributed by atoms with E-state index in [1.807, 2.05) is 0 Å². The number of alkyl halides is 3. The van der Waals surface area contributed by atoms with Crippen LogP contribution in [0.1, 0.15) is 40.9 Å². The Labute approximate surface area is 143 Å². The maximum Gasteiger partial charge on any atom is 0.416 e. The van der Waals surface area contributed by atoms with Crippen LogP contribution in [-0.2, 0) is 12.6 Å². The third kappa shape index (κ3) is 4.41. The fourth-order valence-corrected chi connectivity index (χ4v) is 3.24. The highest BCUT2D eigenvalue weighted by Crippen LogP contribution is 2.30. The van der Waals surface area contributed by atoms with E-state index in [0.29, 0.717) is 25.1 Å². The fourth-order valence-electron chi connectivity index (χ4n) is 3.24. The van der Waals surface area contributed by atoms with Crippen molar-refractivity contribution in [3.05, 3.63) is 53.4 Å². The zero-order valence-corrected chi connectivity index (χ0v) is 13.6. The van der Waals surface area contributed by atoms with Crippen molar-refractivity contribution >= 4 is 5.91 Å². The third-order valence-electron chi connectivity index (χ3n) is 4.55. The van der Waals surface area contributed by atoms with Gasteiger partial charge in [0.25, 0.3) is 5.91 Å². The number of halogens is 3. The fraction of sp³-hybridized carbons (Fsp3) is 0.444. The smallest absolute Gasteiger partial charge is 0.351 e. The van der Waals surface area contributed by atoms with Crippen LogP contribution in [0.4, 0.5) is 13.2 Å². The van der Waals surface area contributed by atoms with Gasteiger partial charge in [0.05, 0.1) is 11.8 Å². The summed E-state index contributed by atoms with van der Waals surface area (Å²) in [6.07, 6.45) is 0.288. The molecule has 1 unspecified atom stereocenters. The van der Waals surface area contributed by atoms with Crippen LogP contribution in [0.3, 0.4) is 0 Å². The van der Waals surface area contributed by atoms with E-state index in [1.165, 1.54) is 24.4 Å². The van der Waals surface area contributed by atoms with E-state index in [4.69, 9.17) is 4.52 Å². The maximum absolute atomic E-state index is 12.8. The lowest BCUT2D eigenvalue weighted by Gasteiger charge is -2.32. The number of nitrogens with zero attached hydrogens (tertiary/aromatic N) is 2. The van der Waals surface area contributed by atoms with Crippen LogP contribution >= 0.6 is 0 Å². The number of benzene rings is 1. The molecule has 1 aliphatic heterocycles. The largest absolute Gasteiger partial charge is 0.416 e. The number of amides is 1. The summed E-state index contributed by atoms with van der Waals surface area (Å²) in [4.78, 5) is 14.0. The van der Waals surface area contributed by atoms with Crippen LogP contribution < -0.4 is 0 Å². The summed E-state index contributed by atoms with van der Waals surface area (Å²) in [5.41, 5.74) is 0.0595. The number of hydrogen-bond donors (Lipinski definition) is 0. The van der Waals surface area contributed by atoms with Gasteiger partial charge in [0.15, 0.2) is 0 Å². The SMILES string of the molecule is O=C(c1ccno1)N1CCCC(CCc2cccc(C(F)(F)F)c2)C1. The van der Waals surface area contributed by atoms with Crippen LogP contribution in [-0.4, -0.2) is 29.1 Å². The molecule has 2 heterocycles. The second kappa shape index (κ2) is 7.29. The van der Waals surface area contributed by atoms with E-state index in [2.05, 4.69) is 5.16 Å². The number of carbonyl (C=O) groups excluding carboxylic acids is 1. The average molecular weight is 352 g/mol. The normalized spacial score (nSPS) is 18.4. The third-order valence-corrected chi connectivity index (χ3v) is 4.55. The summed E-state index contributed by atoms with van der Waals surface area (Å²) in [7, 11) is 0. The number of carbonyl (C=O) groups is 1. The Balaban J connectivity index is 1.57. The molecule has 0 aliphatic carbocycles. The van der Waals surface area contributed by atoms with Gasteiger partial charge in [-0.25, -0.2) is 0 Å². The van der Waals surface area contributed by atoms with Crippen molar-refractivity contribution in [3.63, 3.8) is 0 Å². The molecule has 0 N–H and O–H groups in total. The molecule has 2 aromatic rings. The van der Waals surface area contributed by atoms with Crippen LogP contribution in [0.5, 0.6) is 0 Å². The van der Waals surface area contributed by atoms with Gasteiger partial charge in [0.2, 0.25) is 5.76 Å². The predicted octanol–water partition coefficient (Wildman–Crippen LogP) is 4.18. The van der Waals surface area contributed by atoms with Crippen molar-refractivity contribution in [2.45, 2.75) is 31.9 Å². The molecule has 3 rings (SSSR count). The van der Waals surface area contributed by atoms with Gasteiger partial charge in [0.1, 0.15) is 0 Å². The highest BCUT2D eigenvalue weighted by molar-refractivity contribution is 5.91. The Morgan fingerprint density at radius 1 is 1.32 bits per heavy atom. The molecular formula is C18H19F3N2O2. The Bertz CT molecular complexity index is 713. The van der Waals surface area contributed by atoms with Crippen molar-refractivity contribution in [1.82, 2.24) is 10.1 Å².